The van der Waals surface area contributed by atoms with Gasteiger partial charge in [0.25, 0.3) is 0 Å². The number of anilines is 1. The van der Waals surface area contributed by atoms with Crippen LogP contribution >= 0.6 is 11.6 Å². The second-order valence-electron chi connectivity index (χ2n) is 7.91. The van der Waals surface area contributed by atoms with E-state index in [9.17, 15) is 0 Å². The lowest BCUT2D eigenvalue weighted by Crippen LogP contribution is -2.39. The molecule has 0 aromatic carbocycles. The molecule has 0 bridgehead atoms. The van der Waals surface area contributed by atoms with Gasteiger partial charge in [0.05, 0.1) is 17.9 Å². The molecule has 160 valence electrons. The maximum atomic E-state index is 6.20. The van der Waals surface area contributed by atoms with Crippen LogP contribution in [0.25, 0.3) is 22.3 Å². The maximum absolute atomic E-state index is 6.20. The number of hydrogen-bond acceptors (Lipinski definition) is 7. The molecule has 1 saturated heterocycles. The van der Waals surface area contributed by atoms with E-state index in [1.54, 1.807) is 6.33 Å². The van der Waals surface area contributed by atoms with E-state index in [-0.39, 0.29) is 6.04 Å². The van der Waals surface area contributed by atoms with Crippen LogP contribution in [0.5, 0.6) is 0 Å². The topological polar surface area (TPSA) is 114 Å². The molecule has 1 fully saturated rings. The monoisotopic (exact) mass is 437 g/mol. The van der Waals surface area contributed by atoms with Crippen LogP contribution in [0, 0.1) is 12.8 Å². The summed E-state index contributed by atoms with van der Waals surface area (Å²) in [4.78, 5) is 22.7. The Morgan fingerprint density at radius 2 is 2.00 bits per heavy atom. The van der Waals surface area contributed by atoms with Crippen LogP contribution in [0.4, 0.5) is 5.82 Å². The molecule has 3 N–H and O–H groups in total. The summed E-state index contributed by atoms with van der Waals surface area (Å²) < 4.78 is 2.00. The molecular formula is C21H24ClN9. The average Bonchev–Trinajstić information content (AvgIpc) is 3.47. The third-order valence-corrected chi connectivity index (χ3v) is 6.57. The molecule has 1 aliphatic heterocycles. The van der Waals surface area contributed by atoms with E-state index < -0.39 is 0 Å². The van der Waals surface area contributed by atoms with E-state index in [0.717, 1.165) is 59.6 Å². The normalized spacial score (nSPS) is 16.2. The van der Waals surface area contributed by atoms with Crippen molar-refractivity contribution < 1.29 is 0 Å². The lowest BCUT2D eigenvalue weighted by atomic mass is 9.89. The van der Waals surface area contributed by atoms with Crippen LogP contribution in [0.15, 0.2) is 37.3 Å². The fraction of sp³-hybridized carbons (Fsp3) is 0.381. The molecule has 1 unspecified atom stereocenters. The number of nitrogens with one attached hydrogen (secondary N) is 1. The highest BCUT2D eigenvalue weighted by Gasteiger charge is 2.29. The Kier molecular flexibility index (Phi) is 5.29. The molecule has 10 heteroatoms. The van der Waals surface area contributed by atoms with E-state index in [0.29, 0.717) is 17.6 Å². The first-order chi connectivity index (χ1) is 15.2. The first-order valence-electron chi connectivity index (χ1n) is 10.4. The van der Waals surface area contributed by atoms with Gasteiger partial charge in [-0.1, -0.05) is 11.6 Å². The molecule has 0 amide bonds. The fourth-order valence-electron chi connectivity index (χ4n) is 4.50. The molecule has 5 rings (SSSR count). The third-order valence-electron chi connectivity index (χ3n) is 6.19. The lowest BCUT2D eigenvalue weighted by Gasteiger charge is -2.36. The summed E-state index contributed by atoms with van der Waals surface area (Å²) in [5, 5.41) is 6.14. The Morgan fingerprint density at radius 1 is 1.19 bits per heavy atom. The molecule has 4 aromatic rings. The highest BCUT2D eigenvalue weighted by molar-refractivity contribution is 6.30. The number of H-pyrrole nitrogens is 1. The summed E-state index contributed by atoms with van der Waals surface area (Å²) in [7, 11) is 0. The van der Waals surface area contributed by atoms with Gasteiger partial charge in [-0.05, 0) is 31.7 Å². The molecule has 9 nitrogen and oxygen atoms in total. The van der Waals surface area contributed by atoms with Gasteiger partial charge >= 0.3 is 0 Å². The van der Waals surface area contributed by atoms with E-state index >= 15 is 0 Å². The minimum absolute atomic E-state index is 0.134. The van der Waals surface area contributed by atoms with Gasteiger partial charge in [0.2, 0.25) is 0 Å². The van der Waals surface area contributed by atoms with Crippen molar-refractivity contribution >= 4 is 28.5 Å². The number of halogens is 1. The molecule has 1 aliphatic rings. The van der Waals surface area contributed by atoms with Crippen LogP contribution in [0.1, 0.15) is 24.4 Å². The smallest absolute Gasteiger partial charge is 0.141 e. The molecule has 0 saturated carbocycles. The highest BCUT2D eigenvalue weighted by Crippen LogP contribution is 2.33. The molecule has 0 radical (unpaired) electrons. The fourth-order valence-corrected chi connectivity index (χ4v) is 4.62. The Balaban J connectivity index is 1.33. The third kappa shape index (κ3) is 3.64. The van der Waals surface area contributed by atoms with E-state index in [1.807, 2.05) is 36.3 Å². The summed E-state index contributed by atoms with van der Waals surface area (Å²) >= 11 is 6.18. The predicted molar refractivity (Wildman–Crippen MR) is 120 cm³/mol. The Hall–Kier alpha value is -3.04. The van der Waals surface area contributed by atoms with E-state index in [2.05, 4.69) is 34.9 Å². The minimum atomic E-state index is 0.134. The first-order valence-corrected chi connectivity index (χ1v) is 10.8. The van der Waals surface area contributed by atoms with Gasteiger partial charge < -0.3 is 15.6 Å². The summed E-state index contributed by atoms with van der Waals surface area (Å²) in [6, 6.07) is 2.12. The molecule has 31 heavy (non-hydrogen) atoms. The zero-order valence-corrected chi connectivity index (χ0v) is 18.0. The van der Waals surface area contributed by atoms with Crippen molar-refractivity contribution in [2.45, 2.75) is 25.8 Å². The van der Waals surface area contributed by atoms with Crippen molar-refractivity contribution in [2.75, 3.05) is 24.5 Å². The van der Waals surface area contributed by atoms with Gasteiger partial charge in [-0.15, -0.1) is 0 Å². The van der Waals surface area contributed by atoms with Crippen molar-refractivity contribution in [3.63, 3.8) is 0 Å². The van der Waals surface area contributed by atoms with Crippen LogP contribution < -0.4 is 10.6 Å². The second kappa shape index (κ2) is 8.24. The van der Waals surface area contributed by atoms with Crippen LogP contribution in [-0.4, -0.2) is 54.3 Å². The maximum Gasteiger partial charge on any atom is 0.141 e. The number of hydrogen-bond donors (Lipinski definition) is 2. The number of nitrogens with zero attached hydrogens (tertiary/aromatic N) is 7. The number of piperidine rings is 1. The number of aromatic amines is 1. The molecule has 5 heterocycles. The molecule has 4 aromatic heterocycles. The zero-order chi connectivity index (χ0) is 21.4. The van der Waals surface area contributed by atoms with Crippen LogP contribution in [0.2, 0.25) is 5.15 Å². The largest absolute Gasteiger partial charge is 0.356 e. The Bertz CT molecular complexity index is 1190. The van der Waals surface area contributed by atoms with Crippen molar-refractivity contribution in [1.82, 2.24) is 34.7 Å². The Morgan fingerprint density at radius 3 is 2.81 bits per heavy atom. The standard InChI is InChI=1S/C21H24ClN9/c1-13-19(22)26-12-28-21(13)30-6-3-14(4-7-30)17(8-23)31-10-15(9-29-31)18-16-2-5-24-20(16)27-11-25-18/h2,5,9-12,14,17H,3-4,6-8,23H2,1H3,(H,24,25,27). The highest BCUT2D eigenvalue weighted by atomic mass is 35.5. The van der Waals surface area contributed by atoms with Gasteiger partial charge in [-0.2, -0.15) is 5.10 Å². The molecule has 1 atom stereocenters. The number of nitrogens with two attached hydrogens (primary N) is 1. The van der Waals surface area contributed by atoms with Gasteiger partial charge in [-0.25, -0.2) is 19.9 Å². The van der Waals surface area contributed by atoms with E-state index in [4.69, 9.17) is 17.3 Å². The SMILES string of the molecule is Cc1c(Cl)ncnc1N1CCC(C(CN)n2cc(-c3ncnc4[nH]ccc34)cn2)CC1. The summed E-state index contributed by atoms with van der Waals surface area (Å²) in [6.07, 6.45) is 10.9. The summed E-state index contributed by atoms with van der Waals surface area (Å²) in [5.41, 5.74) is 9.79. The molecule has 0 aliphatic carbocycles. The van der Waals surface area contributed by atoms with Gasteiger partial charge in [0.15, 0.2) is 0 Å². The second-order valence-corrected chi connectivity index (χ2v) is 8.27. The van der Waals surface area contributed by atoms with Crippen molar-refractivity contribution in [3.05, 3.63) is 48.0 Å². The molecular weight excluding hydrogens is 414 g/mol. The lowest BCUT2D eigenvalue weighted by molar-refractivity contribution is 0.262. The zero-order valence-electron chi connectivity index (χ0n) is 17.2. The van der Waals surface area contributed by atoms with E-state index in [1.165, 1.54) is 6.33 Å². The first kappa shape index (κ1) is 19.9. The van der Waals surface area contributed by atoms with Gasteiger partial charge in [0.1, 0.15) is 29.3 Å². The summed E-state index contributed by atoms with van der Waals surface area (Å²) in [6.45, 7) is 4.30. The average molecular weight is 438 g/mol. The van der Waals surface area contributed by atoms with Crippen molar-refractivity contribution in [1.29, 1.82) is 0 Å². The number of aromatic nitrogens is 7. The molecule has 0 spiro atoms. The predicted octanol–water partition coefficient (Wildman–Crippen LogP) is 2.99. The van der Waals surface area contributed by atoms with Crippen LogP contribution in [0.3, 0.4) is 0 Å². The summed E-state index contributed by atoms with van der Waals surface area (Å²) in [5.74, 6) is 1.35. The quantitative estimate of drug-likeness (QED) is 0.461. The van der Waals surface area contributed by atoms with Gasteiger partial charge in [-0.3, -0.25) is 4.68 Å². The Labute approximate surface area is 184 Å². The van der Waals surface area contributed by atoms with Crippen molar-refractivity contribution in [2.24, 2.45) is 11.7 Å². The number of fused-ring (bicyclic) bond motifs is 1. The van der Waals surface area contributed by atoms with Crippen LogP contribution in [-0.2, 0) is 0 Å². The van der Waals surface area contributed by atoms with Gasteiger partial charge in [0, 0.05) is 48.5 Å². The number of rotatable bonds is 5. The van der Waals surface area contributed by atoms with Crippen molar-refractivity contribution in [3.8, 4) is 11.3 Å². The minimum Gasteiger partial charge on any atom is -0.356 e.